The number of benzene rings is 1. The lowest BCUT2D eigenvalue weighted by molar-refractivity contribution is -0.386. The van der Waals surface area contributed by atoms with Crippen molar-refractivity contribution >= 4 is 5.69 Å². The van der Waals surface area contributed by atoms with Crippen molar-refractivity contribution in [2.45, 2.75) is 13.5 Å². The first-order chi connectivity index (χ1) is 12.1. The summed E-state index contributed by atoms with van der Waals surface area (Å²) in [5.41, 5.74) is 0.275. The molecular formula is C17H15N3O5. The van der Waals surface area contributed by atoms with Gasteiger partial charge in [0.25, 0.3) is 5.43 Å². The second-order valence-corrected chi connectivity index (χ2v) is 5.23. The van der Waals surface area contributed by atoms with E-state index in [-0.39, 0.29) is 6.54 Å². The number of nitrogens with zero attached hydrogens (tertiary/aromatic N) is 3. The summed E-state index contributed by atoms with van der Waals surface area (Å²) in [6, 6.07) is 8.49. The zero-order valence-electron chi connectivity index (χ0n) is 13.4. The molecule has 128 valence electrons. The summed E-state index contributed by atoms with van der Waals surface area (Å²) < 4.78 is 12.4. The van der Waals surface area contributed by atoms with Gasteiger partial charge < -0.3 is 13.7 Å². The van der Waals surface area contributed by atoms with Gasteiger partial charge in [-0.15, -0.1) is 0 Å². The quantitative estimate of drug-likeness (QED) is 0.505. The van der Waals surface area contributed by atoms with Crippen LogP contribution in [0.3, 0.4) is 0 Å². The molecule has 0 spiro atoms. The van der Waals surface area contributed by atoms with Crippen LogP contribution in [0.15, 0.2) is 58.2 Å². The largest absolute Gasteiger partial charge is 0.494 e. The average molecular weight is 341 g/mol. The SMILES string of the molecule is CCOc1ccc(-c2nc(Cn3ccc(=O)c([N+](=O)[O-])c3)co2)cc1. The van der Waals surface area contributed by atoms with Crippen LogP contribution in [0.25, 0.3) is 11.5 Å². The first-order valence-electron chi connectivity index (χ1n) is 7.59. The van der Waals surface area contributed by atoms with Crippen molar-refractivity contribution in [3.8, 4) is 17.2 Å². The Bertz CT molecular complexity index is 943. The number of nitro groups is 1. The molecule has 0 atom stereocenters. The standard InChI is InChI=1S/C17H15N3O5/c1-2-24-14-5-3-12(4-6-14)17-18-13(11-25-17)9-19-8-7-16(21)15(10-19)20(22)23/h3-8,10-11H,2,9H2,1H3. The van der Waals surface area contributed by atoms with Gasteiger partial charge in [-0.1, -0.05) is 0 Å². The van der Waals surface area contributed by atoms with Gasteiger partial charge in [0, 0.05) is 17.8 Å². The van der Waals surface area contributed by atoms with E-state index in [2.05, 4.69) is 4.98 Å². The van der Waals surface area contributed by atoms with Crippen LogP contribution >= 0.6 is 0 Å². The smallest absolute Gasteiger partial charge is 0.332 e. The van der Waals surface area contributed by atoms with Crippen LogP contribution in [-0.4, -0.2) is 21.1 Å². The Morgan fingerprint density at radius 3 is 2.72 bits per heavy atom. The maximum absolute atomic E-state index is 11.4. The molecule has 0 unspecified atom stereocenters. The Kier molecular flexibility index (Phi) is 4.60. The zero-order chi connectivity index (χ0) is 17.8. The summed E-state index contributed by atoms with van der Waals surface area (Å²) in [4.78, 5) is 25.9. The highest BCUT2D eigenvalue weighted by atomic mass is 16.6. The van der Waals surface area contributed by atoms with E-state index < -0.39 is 16.0 Å². The third-order valence-electron chi connectivity index (χ3n) is 3.46. The lowest BCUT2D eigenvalue weighted by Gasteiger charge is -2.03. The predicted molar refractivity (Wildman–Crippen MR) is 89.6 cm³/mol. The number of hydrogen-bond acceptors (Lipinski definition) is 6. The third kappa shape index (κ3) is 3.74. The fourth-order valence-electron chi connectivity index (χ4n) is 2.31. The Morgan fingerprint density at radius 2 is 2.04 bits per heavy atom. The van der Waals surface area contributed by atoms with Crippen LogP contribution < -0.4 is 10.2 Å². The number of ether oxygens (including phenoxy) is 1. The lowest BCUT2D eigenvalue weighted by Crippen LogP contribution is -2.11. The van der Waals surface area contributed by atoms with Gasteiger partial charge in [-0.05, 0) is 31.2 Å². The molecule has 0 amide bonds. The first kappa shape index (κ1) is 16.4. The molecule has 0 bridgehead atoms. The highest BCUT2D eigenvalue weighted by molar-refractivity contribution is 5.54. The summed E-state index contributed by atoms with van der Waals surface area (Å²) >= 11 is 0. The van der Waals surface area contributed by atoms with Gasteiger partial charge in [0.05, 0.1) is 30.0 Å². The monoisotopic (exact) mass is 341 g/mol. The Labute approximate surface area is 142 Å². The molecule has 3 aromatic rings. The summed E-state index contributed by atoms with van der Waals surface area (Å²) in [5, 5.41) is 10.8. The van der Waals surface area contributed by atoms with Crippen molar-refractivity contribution in [1.29, 1.82) is 0 Å². The minimum Gasteiger partial charge on any atom is -0.494 e. The van der Waals surface area contributed by atoms with Crippen LogP contribution in [0.2, 0.25) is 0 Å². The van der Waals surface area contributed by atoms with Gasteiger partial charge in [0.15, 0.2) is 0 Å². The Morgan fingerprint density at radius 1 is 1.28 bits per heavy atom. The normalized spacial score (nSPS) is 10.6. The minimum absolute atomic E-state index is 0.252. The number of aromatic nitrogens is 2. The maximum Gasteiger partial charge on any atom is 0.332 e. The molecule has 0 N–H and O–H groups in total. The van der Waals surface area contributed by atoms with Crippen LogP contribution in [-0.2, 0) is 6.54 Å². The predicted octanol–water partition coefficient (Wildman–Crippen LogP) is 2.86. The van der Waals surface area contributed by atoms with E-state index in [4.69, 9.17) is 9.15 Å². The fourth-order valence-corrected chi connectivity index (χ4v) is 2.31. The van der Waals surface area contributed by atoms with Gasteiger partial charge in [-0.2, -0.15) is 0 Å². The summed E-state index contributed by atoms with van der Waals surface area (Å²) in [5.74, 6) is 1.20. The van der Waals surface area contributed by atoms with Gasteiger partial charge in [0.2, 0.25) is 5.89 Å². The highest BCUT2D eigenvalue weighted by Crippen LogP contribution is 2.22. The number of pyridine rings is 1. The minimum atomic E-state index is -0.701. The molecule has 0 aliphatic rings. The molecule has 0 saturated heterocycles. The number of rotatable bonds is 6. The van der Waals surface area contributed by atoms with Crippen molar-refractivity contribution in [2.75, 3.05) is 6.61 Å². The van der Waals surface area contributed by atoms with Crippen molar-refractivity contribution < 1.29 is 14.1 Å². The molecule has 0 aliphatic carbocycles. The van der Waals surface area contributed by atoms with Crippen LogP contribution in [0.4, 0.5) is 5.69 Å². The summed E-state index contributed by atoms with van der Waals surface area (Å²) in [7, 11) is 0. The fraction of sp³-hybridized carbons (Fsp3) is 0.176. The number of oxazole rings is 1. The lowest BCUT2D eigenvalue weighted by atomic mass is 10.2. The van der Waals surface area contributed by atoms with E-state index in [0.29, 0.717) is 18.2 Å². The Balaban J connectivity index is 1.79. The van der Waals surface area contributed by atoms with Crippen LogP contribution in [0, 0.1) is 10.1 Å². The molecule has 0 fully saturated rings. The second kappa shape index (κ2) is 7.00. The summed E-state index contributed by atoms with van der Waals surface area (Å²) in [6.07, 6.45) is 4.14. The molecule has 2 heterocycles. The van der Waals surface area contributed by atoms with E-state index in [1.807, 2.05) is 31.2 Å². The van der Waals surface area contributed by atoms with Crippen molar-refractivity contribution in [3.05, 3.63) is 75.0 Å². The van der Waals surface area contributed by atoms with Crippen molar-refractivity contribution in [3.63, 3.8) is 0 Å². The van der Waals surface area contributed by atoms with Crippen LogP contribution in [0.5, 0.6) is 5.75 Å². The molecule has 1 aromatic carbocycles. The molecule has 8 nitrogen and oxygen atoms in total. The molecule has 0 radical (unpaired) electrons. The number of hydrogen-bond donors (Lipinski definition) is 0. The third-order valence-corrected chi connectivity index (χ3v) is 3.46. The first-order valence-corrected chi connectivity index (χ1v) is 7.59. The molecule has 3 rings (SSSR count). The second-order valence-electron chi connectivity index (χ2n) is 5.23. The molecule has 0 aliphatic heterocycles. The summed E-state index contributed by atoms with van der Waals surface area (Å²) in [6.45, 7) is 2.76. The van der Waals surface area contributed by atoms with Gasteiger partial charge >= 0.3 is 5.69 Å². The van der Waals surface area contributed by atoms with Gasteiger partial charge in [-0.25, -0.2) is 4.98 Å². The Hall–Kier alpha value is -3.42. The molecular weight excluding hydrogens is 326 g/mol. The van der Waals surface area contributed by atoms with Crippen LogP contribution in [0.1, 0.15) is 12.6 Å². The van der Waals surface area contributed by atoms with E-state index in [9.17, 15) is 14.9 Å². The topological polar surface area (TPSA) is 100 Å². The van der Waals surface area contributed by atoms with Crippen molar-refractivity contribution in [2.24, 2.45) is 0 Å². The van der Waals surface area contributed by atoms with E-state index in [1.165, 1.54) is 23.2 Å². The molecule has 8 heteroatoms. The average Bonchev–Trinajstić information content (AvgIpc) is 3.06. The van der Waals surface area contributed by atoms with Crippen molar-refractivity contribution in [1.82, 2.24) is 9.55 Å². The molecule has 0 saturated carbocycles. The van der Waals surface area contributed by atoms with E-state index in [1.54, 1.807) is 0 Å². The van der Waals surface area contributed by atoms with E-state index >= 15 is 0 Å². The highest BCUT2D eigenvalue weighted by Gasteiger charge is 2.13. The van der Waals surface area contributed by atoms with E-state index in [0.717, 1.165) is 17.4 Å². The van der Waals surface area contributed by atoms with Gasteiger partial charge in [0.1, 0.15) is 12.0 Å². The molecule has 2 aromatic heterocycles. The maximum atomic E-state index is 11.4. The van der Waals surface area contributed by atoms with Gasteiger partial charge in [-0.3, -0.25) is 14.9 Å². The zero-order valence-corrected chi connectivity index (χ0v) is 13.4. The molecule has 25 heavy (non-hydrogen) atoms.